The average molecular weight is 273 g/mol. The van der Waals surface area contributed by atoms with Crippen molar-refractivity contribution in [1.82, 2.24) is 15.5 Å². The molecule has 0 bridgehead atoms. The van der Waals surface area contributed by atoms with Gasteiger partial charge in [0.05, 0.1) is 13.0 Å². The van der Waals surface area contributed by atoms with Gasteiger partial charge in [-0.3, -0.25) is 9.59 Å². The van der Waals surface area contributed by atoms with Crippen LogP contribution < -0.4 is 10.6 Å². The summed E-state index contributed by atoms with van der Waals surface area (Å²) in [5.74, 6) is -0.861. The maximum Gasteiger partial charge on any atom is 0.317 e. The molecule has 0 rings (SSSR count). The molecule has 0 heterocycles. The van der Waals surface area contributed by atoms with Gasteiger partial charge >= 0.3 is 12.0 Å². The third-order valence-corrected chi connectivity index (χ3v) is 2.37. The normalized spacial score (nSPS) is 10.1. The van der Waals surface area contributed by atoms with Crippen LogP contribution in [-0.2, 0) is 9.59 Å². The van der Waals surface area contributed by atoms with E-state index in [0.29, 0.717) is 19.0 Å². The number of hydrogen-bond acceptors (Lipinski definition) is 3. The number of carbonyl (C=O) groups is 3. The number of carboxylic acids is 1. The van der Waals surface area contributed by atoms with Crippen molar-refractivity contribution < 1.29 is 19.5 Å². The fourth-order valence-electron chi connectivity index (χ4n) is 1.28. The van der Waals surface area contributed by atoms with Gasteiger partial charge < -0.3 is 20.6 Å². The lowest BCUT2D eigenvalue weighted by molar-refractivity contribution is -0.137. The molecular weight excluding hydrogens is 250 g/mol. The molecule has 0 aromatic heterocycles. The summed E-state index contributed by atoms with van der Waals surface area (Å²) in [7, 11) is 0. The lowest BCUT2D eigenvalue weighted by Gasteiger charge is -2.20. The van der Waals surface area contributed by atoms with Crippen molar-refractivity contribution in [2.24, 2.45) is 5.92 Å². The SMILES string of the molecule is CCN(CCC(=O)O)C(=O)NCC(=O)NCC(C)C. The van der Waals surface area contributed by atoms with Gasteiger partial charge in [-0.05, 0) is 12.8 Å². The maximum absolute atomic E-state index is 11.7. The second-order valence-corrected chi connectivity index (χ2v) is 4.58. The summed E-state index contributed by atoms with van der Waals surface area (Å²) in [6, 6.07) is -0.427. The molecule has 0 saturated heterocycles. The summed E-state index contributed by atoms with van der Waals surface area (Å²) in [4.78, 5) is 34.8. The minimum absolute atomic E-state index is 0.102. The summed E-state index contributed by atoms with van der Waals surface area (Å²) in [6.45, 7) is 6.69. The quantitative estimate of drug-likeness (QED) is 0.591. The van der Waals surface area contributed by atoms with E-state index in [2.05, 4.69) is 10.6 Å². The summed E-state index contributed by atoms with van der Waals surface area (Å²) < 4.78 is 0. The van der Waals surface area contributed by atoms with E-state index in [1.54, 1.807) is 6.92 Å². The highest BCUT2D eigenvalue weighted by molar-refractivity contribution is 5.84. The highest BCUT2D eigenvalue weighted by Crippen LogP contribution is 1.93. The third kappa shape index (κ3) is 8.87. The Kier molecular flexibility index (Phi) is 8.32. The van der Waals surface area contributed by atoms with Crippen molar-refractivity contribution in [2.75, 3.05) is 26.2 Å². The number of nitrogens with one attached hydrogen (secondary N) is 2. The molecule has 110 valence electrons. The first kappa shape index (κ1) is 17.2. The number of rotatable bonds is 8. The minimum Gasteiger partial charge on any atom is -0.481 e. The first-order valence-electron chi connectivity index (χ1n) is 6.38. The lowest BCUT2D eigenvalue weighted by atomic mass is 10.2. The van der Waals surface area contributed by atoms with Gasteiger partial charge in [0.2, 0.25) is 5.91 Å². The Balaban J connectivity index is 3.99. The predicted molar refractivity (Wildman–Crippen MR) is 70.7 cm³/mol. The van der Waals surface area contributed by atoms with Crippen molar-refractivity contribution >= 4 is 17.9 Å². The Labute approximate surface area is 113 Å². The van der Waals surface area contributed by atoms with Gasteiger partial charge in [0.1, 0.15) is 0 Å². The van der Waals surface area contributed by atoms with Gasteiger partial charge in [0.15, 0.2) is 0 Å². The highest BCUT2D eigenvalue weighted by Gasteiger charge is 2.13. The molecule has 0 atom stereocenters. The van der Waals surface area contributed by atoms with E-state index < -0.39 is 12.0 Å². The molecule has 0 spiro atoms. The Morgan fingerprint density at radius 3 is 2.32 bits per heavy atom. The largest absolute Gasteiger partial charge is 0.481 e. The maximum atomic E-state index is 11.7. The minimum atomic E-state index is -0.957. The topological polar surface area (TPSA) is 98.7 Å². The van der Waals surface area contributed by atoms with Gasteiger partial charge in [-0.15, -0.1) is 0 Å². The molecule has 0 saturated carbocycles. The lowest BCUT2D eigenvalue weighted by Crippen LogP contribution is -2.45. The molecule has 0 aliphatic rings. The Morgan fingerprint density at radius 2 is 1.84 bits per heavy atom. The highest BCUT2D eigenvalue weighted by atomic mass is 16.4. The standard InChI is InChI=1S/C12H23N3O4/c1-4-15(6-5-11(17)18)12(19)14-8-10(16)13-7-9(2)3/h9H,4-8H2,1-3H3,(H,13,16)(H,14,19)(H,17,18). The third-order valence-electron chi connectivity index (χ3n) is 2.37. The van der Waals surface area contributed by atoms with Crippen LogP contribution in [0.3, 0.4) is 0 Å². The molecule has 7 nitrogen and oxygen atoms in total. The molecule has 0 aromatic carbocycles. The average Bonchev–Trinajstić information content (AvgIpc) is 2.34. The predicted octanol–water partition coefficient (Wildman–Crippen LogP) is 0.265. The molecular formula is C12H23N3O4. The summed E-state index contributed by atoms with van der Waals surface area (Å²) >= 11 is 0. The van der Waals surface area contributed by atoms with Crippen LogP contribution in [-0.4, -0.2) is 54.1 Å². The van der Waals surface area contributed by atoms with Crippen LogP contribution in [0.1, 0.15) is 27.2 Å². The van der Waals surface area contributed by atoms with Crippen molar-refractivity contribution in [3.05, 3.63) is 0 Å². The molecule has 3 N–H and O–H groups in total. The zero-order valence-corrected chi connectivity index (χ0v) is 11.7. The second kappa shape index (κ2) is 9.18. The van der Waals surface area contributed by atoms with Crippen LogP contribution in [0.4, 0.5) is 4.79 Å². The van der Waals surface area contributed by atoms with Crippen molar-refractivity contribution in [1.29, 1.82) is 0 Å². The van der Waals surface area contributed by atoms with E-state index >= 15 is 0 Å². The molecule has 0 aromatic rings. The van der Waals surface area contributed by atoms with Crippen LogP contribution in [0.15, 0.2) is 0 Å². The number of hydrogen-bond donors (Lipinski definition) is 3. The van der Waals surface area contributed by atoms with Crippen LogP contribution in [0.2, 0.25) is 0 Å². The molecule has 7 heteroatoms. The number of urea groups is 1. The van der Waals surface area contributed by atoms with Crippen molar-refractivity contribution in [3.63, 3.8) is 0 Å². The summed E-state index contributed by atoms with van der Waals surface area (Å²) in [5, 5.41) is 13.7. The molecule has 0 aliphatic heterocycles. The van der Waals surface area contributed by atoms with E-state index in [4.69, 9.17) is 5.11 Å². The molecule has 19 heavy (non-hydrogen) atoms. The van der Waals surface area contributed by atoms with Gasteiger partial charge in [-0.2, -0.15) is 0 Å². The van der Waals surface area contributed by atoms with Gasteiger partial charge in [0.25, 0.3) is 0 Å². The fraction of sp³-hybridized carbons (Fsp3) is 0.750. The molecule has 3 amide bonds. The van der Waals surface area contributed by atoms with E-state index in [1.165, 1.54) is 4.90 Å². The van der Waals surface area contributed by atoms with Gasteiger partial charge in [-0.1, -0.05) is 13.8 Å². The zero-order chi connectivity index (χ0) is 14.8. The molecule has 0 aliphatic carbocycles. The van der Waals surface area contributed by atoms with Crippen molar-refractivity contribution in [2.45, 2.75) is 27.2 Å². The smallest absolute Gasteiger partial charge is 0.317 e. The van der Waals surface area contributed by atoms with E-state index in [0.717, 1.165) is 0 Å². The first-order valence-corrected chi connectivity index (χ1v) is 6.38. The van der Waals surface area contributed by atoms with Crippen molar-refractivity contribution in [3.8, 4) is 0 Å². The fourth-order valence-corrected chi connectivity index (χ4v) is 1.28. The number of amides is 3. The zero-order valence-electron chi connectivity index (χ0n) is 11.7. The Hall–Kier alpha value is -1.79. The van der Waals surface area contributed by atoms with E-state index in [9.17, 15) is 14.4 Å². The Morgan fingerprint density at radius 1 is 1.21 bits per heavy atom. The number of nitrogens with zero attached hydrogens (tertiary/aromatic N) is 1. The first-order chi connectivity index (χ1) is 8.86. The van der Waals surface area contributed by atoms with Crippen LogP contribution in [0.25, 0.3) is 0 Å². The summed E-state index contributed by atoms with van der Waals surface area (Å²) in [6.07, 6.45) is -0.110. The number of carbonyl (C=O) groups excluding carboxylic acids is 2. The van der Waals surface area contributed by atoms with E-state index in [-0.39, 0.29) is 25.4 Å². The van der Waals surface area contributed by atoms with Gasteiger partial charge in [-0.25, -0.2) is 4.79 Å². The summed E-state index contributed by atoms with van der Waals surface area (Å²) in [5.41, 5.74) is 0. The van der Waals surface area contributed by atoms with Crippen LogP contribution in [0.5, 0.6) is 0 Å². The monoisotopic (exact) mass is 273 g/mol. The van der Waals surface area contributed by atoms with Gasteiger partial charge in [0, 0.05) is 19.6 Å². The van der Waals surface area contributed by atoms with E-state index in [1.807, 2.05) is 13.8 Å². The molecule has 0 fully saturated rings. The molecule has 0 unspecified atom stereocenters. The van der Waals surface area contributed by atoms with Crippen LogP contribution >= 0.6 is 0 Å². The molecule has 0 radical (unpaired) electrons. The second-order valence-electron chi connectivity index (χ2n) is 4.58. The number of aliphatic carboxylic acids is 1. The number of carboxylic acid groups (broad SMARTS) is 1. The Bertz CT molecular complexity index is 318. The van der Waals surface area contributed by atoms with Crippen LogP contribution in [0, 0.1) is 5.92 Å².